The molecule has 170 valence electrons. The lowest BCUT2D eigenvalue weighted by molar-refractivity contribution is -0.145. The molecule has 0 radical (unpaired) electrons. The highest BCUT2D eigenvalue weighted by molar-refractivity contribution is 5.95. The topological polar surface area (TPSA) is 136 Å². The predicted octanol–water partition coefficient (Wildman–Crippen LogP) is 2.40. The second-order valence-electron chi connectivity index (χ2n) is 7.90. The van der Waals surface area contributed by atoms with Crippen LogP contribution in [0.3, 0.4) is 0 Å². The molecule has 2 aromatic rings. The van der Waals surface area contributed by atoms with E-state index >= 15 is 0 Å². The van der Waals surface area contributed by atoms with Gasteiger partial charge in [-0.1, -0.05) is 61.0 Å². The summed E-state index contributed by atoms with van der Waals surface area (Å²) in [4.78, 5) is 39.7. The Kier molecular flexibility index (Phi) is 7.97. The average Bonchev–Trinajstić information content (AvgIpc) is 2.81. The van der Waals surface area contributed by atoms with E-state index in [1.54, 1.807) is 36.4 Å². The summed E-state index contributed by atoms with van der Waals surface area (Å²) >= 11 is 0. The molecule has 1 aliphatic rings. The van der Waals surface area contributed by atoms with Gasteiger partial charge in [-0.3, -0.25) is 9.69 Å². The van der Waals surface area contributed by atoms with Gasteiger partial charge >= 0.3 is 12.1 Å². The van der Waals surface area contributed by atoms with Crippen molar-refractivity contribution >= 4 is 17.8 Å². The number of hydrogen-bond acceptors (Lipinski definition) is 6. The van der Waals surface area contributed by atoms with Gasteiger partial charge in [-0.15, -0.1) is 0 Å². The molecule has 1 amide bonds. The Morgan fingerprint density at radius 2 is 1.75 bits per heavy atom. The number of unbranched alkanes of at least 4 members (excludes halogenated alkanes) is 1. The molecule has 1 heterocycles. The summed E-state index contributed by atoms with van der Waals surface area (Å²) in [6.45, 7) is 0.458. The zero-order valence-electron chi connectivity index (χ0n) is 17.9. The number of hydrogen-bond donors (Lipinski definition) is 3. The zero-order valence-corrected chi connectivity index (χ0v) is 17.9. The molecule has 2 aromatic carbocycles. The van der Waals surface area contributed by atoms with Crippen molar-refractivity contribution in [2.24, 2.45) is 11.5 Å². The summed E-state index contributed by atoms with van der Waals surface area (Å²) in [7, 11) is 0. The molecule has 1 aliphatic heterocycles. The predicted molar refractivity (Wildman–Crippen MR) is 119 cm³/mol. The van der Waals surface area contributed by atoms with Crippen LogP contribution in [0.5, 0.6) is 0 Å². The lowest BCUT2D eigenvalue weighted by Gasteiger charge is -2.40. The third kappa shape index (κ3) is 5.33. The first-order chi connectivity index (χ1) is 15.4. The second kappa shape index (κ2) is 10.9. The van der Waals surface area contributed by atoms with Crippen LogP contribution in [-0.4, -0.2) is 46.5 Å². The Balaban J connectivity index is 1.92. The maximum absolute atomic E-state index is 13.4. The van der Waals surface area contributed by atoms with Gasteiger partial charge in [0, 0.05) is 6.42 Å². The van der Waals surface area contributed by atoms with E-state index in [-0.39, 0.29) is 13.0 Å². The summed E-state index contributed by atoms with van der Waals surface area (Å²) < 4.78 is 5.44. The molecule has 0 saturated heterocycles. The van der Waals surface area contributed by atoms with Crippen molar-refractivity contribution in [2.75, 3.05) is 6.54 Å². The molecule has 5 N–H and O–H groups in total. The van der Waals surface area contributed by atoms with E-state index in [1.165, 1.54) is 0 Å². The van der Waals surface area contributed by atoms with Gasteiger partial charge in [0.1, 0.15) is 18.7 Å². The van der Waals surface area contributed by atoms with Crippen molar-refractivity contribution in [2.45, 2.75) is 50.4 Å². The van der Waals surface area contributed by atoms with Crippen molar-refractivity contribution in [1.82, 2.24) is 4.90 Å². The number of aliphatic carboxylic acids is 1. The fraction of sp³-hybridized carbons (Fsp3) is 0.375. The molecule has 3 rings (SSSR count). The normalized spacial score (nSPS) is 18.5. The molecule has 0 aliphatic carbocycles. The molecule has 0 fully saturated rings. The van der Waals surface area contributed by atoms with Crippen LogP contribution in [0, 0.1) is 0 Å². The first kappa shape index (κ1) is 23.4. The number of ether oxygens (including phenoxy) is 1. The quantitative estimate of drug-likeness (QED) is 0.510. The van der Waals surface area contributed by atoms with Gasteiger partial charge in [0.2, 0.25) is 0 Å². The number of rotatable bonds is 9. The van der Waals surface area contributed by atoms with Gasteiger partial charge in [-0.25, -0.2) is 9.59 Å². The average molecular weight is 440 g/mol. The minimum Gasteiger partial charge on any atom is -0.480 e. The molecule has 0 spiro atoms. The largest absolute Gasteiger partial charge is 0.480 e. The molecule has 0 bridgehead atoms. The van der Waals surface area contributed by atoms with Crippen molar-refractivity contribution in [3.63, 3.8) is 0 Å². The maximum atomic E-state index is 13.4. The van der Waals surface area contributed by atoms with Crippen LogP contribution in [0.25, 0.3) is 0 Å². The second-order valence-corrected chi connectivity index (χ2v) is 7.90. The Hall–Kier alpha value is -3.23. The summed E-state index contributed by atoms with van der Waals surface area (Å²) in [5, 5.41) is 9.87. The maximum Gasteiger partial charge on any atom is 0.411 e. The van der Waals surface area contributed by atoms with Crippen LogP contribution < -0.4 is 11.5 Å². The third-order valence-electron chi connectivity index (χ3n) is 5.68. The van der Waals surface area contributed by atoms with E-state index in [4.69, 9.17) is 16.2 Å². The SMILES string of the molecule is NCCCCC(N)C(=O)[C@@H]1c2ccccc2C[C@@H](C(=O)O)N1C(=O)OCc1ccccc1. The van der Waals surface area contributed by atoms with Crippen molar-refractivity contribution in [3.8, 4) is 0 Å². The Bertz CT molecular complexity index is 950. The molecule has 1 unspecified atom stereocenters. The fourth-order valence-corrected chi connectivity index (χ4v) is 4.00. The minimum absolute atomic E-state index is 0.0341. The Morgan fingerprint density at radius 3 is 2.44 bits per heavy atom. The fourth-order valence-electron chi connectivity index (χ4n) is 4.00. The van der Waals surface area contributed by atoms with Crippen molar-refractivity contribution in [3.05, 3.63) is 71.3 Å². The van der Waals surface area contributed by atoms with E-state index < -0.39 is 36.0 Å². The molecular formula is C24H29N3O5. The van der Waals surface area contributed by atoms with E-state index in [1.807, 2.05) is 18.2 Å². The molecule has 32 heavy (non-hydrogen) atoms. The lowest BCUT2D eigenvalue weighted by Crippen LogP contribution is -2.55. The lowest BCUT2D eigenvalue weighted by atomic mass is 9.84. The van der Waals surface area contributed by atoms with E-state index in [0.717, 1.165) is 16.9 Å². The van der Waals surface area contributed by atoms with Crippen LogP contribution in [0.1, 0.15) is 42.0 Å². The highest BCUT2D eigenvalue weighted by Gasteiger charge is 2.46. The number of Topliss-reactive ketones (excluding diaryl/α,β-unsaturated/α-hetero) is 1. The first-order valence-corrected chi connectivity index (χ1v) is 10.7. The van der Waals surface area contributed by atoms with Crippen LogP contribution in [0.4, 0.5) is 4.79 Å². The molecule has 8 heteroatoms. The number of ketones is 1. The standard InChI is InChI=1S/C24H29N3O5/c25-13-7-6-12-19(26)22(28)21-18-11-5-4-10-17(18)14-20(23(29)30)27(21)24(31)32-15-16-8-2-1-3-9-16/h1-5,8-11,19-21H,6-7,12-15,25-26H2,(H,29,30)/t19?,20-,21-/m0/s1. The van der Waals surface area contributed by atoms with Crippen LogP contribution in [0.15, 0.2) is 54.6 Å². The number of nitrogens with zero attached hydrogens (tertiary/aromatic N) is 1. The third-order valence-corrected chi connectivity index (χ3v) is 5.68. The summed E-state index contributed by atoms with van der Waals surface area (Å²) in [6.07, 6.45) is 1.02. The molecule has 8 nitrogen and oxygen atoms in total. The number of carbonyl (C=O) groups excluding carboxylic acids is 2. The van der Waals surface area contributed by atoms with Crippen LogP contribution in [-0.2, 0) is 27.4 Å². The summed E-state index contributed by atoms with van der Waals surface area (Å²) in [5.41, 5.74) is 13.8. The Labute approximate surface area is 187 Å². The molecule has 3 atom stereocenters. The highest BCUT2D eigenvalue weighted by atomic mass is 16.6. The number of amides is 1. The van der Waals surface area contributed by atoms with Gasteiger partial charge in [-0.05, 0) is 36.1 Å². The van der Waals surface area contributed by atoms with Gasteiger partial charge in [-0.2, -0.15) is 0 Å². The first-order valence-electron chi connectivity index (χ1n) is 10.7. The smallest absolute Gasteiger partial charge is 0.411 e. The number of nitrogens with two attached hydrogens (primary N) is 2. The molecule has 0 saturated carbocycles. The molecule has 0 aromatic heterocycles. The number of fused-ring (bicyclic) bond motifs is 1. The van der Waals surface area contributed by atoms with E-state index in [0.29, 0.717) is 30.5 Å². The summed E-state index contributed by atoms with van der Waals surface area (Å²) in [6, 6.07) is 12.9. The number of carboxylic acids is 1. The number of benzene rings is 2. The van der Waals surface area contributed by atoms with Crippen molar-refractivity contribution < 1.29 is 24.2 Å². The highest BCUT2D eigenvalue weighted by Crippen LogP contribution is 2.35. The zero-order chi connectivity index (χ0) is 23.1. The van der Waals surface area contributed by atoms with Crippen LogP contribution in [0.2, 0.25) is 0 Å². The van der Waals surface area contributed by atoms with E-state index in [2.05, 4.69) is 0 Å². The Morgan fingerprint density at radius 1 is 1.06 bits per heavy atom. The van der Waals surface area contributed by atoms with Gasteiger partial charge < -0.3 is 21.3 Å². The van der Waals surface area contributed by atoms with Gasteiger partial charge in [0.25, 0.3) is 0 Å². The van der Waals surface area contributed by atoms with Crippen molar-refractivity contribution in [1.29, 1.82) is 0 Å². The monoisotopic (exact) mass is 439 g/mol. The summed E-state index contributed by atoms with van der Waals surface area (Å²) in [5.74, 6) is -1.61. The van der Waals surface area contributed by atoms with Crippen LogP contribution >= 0.6 is 0 Å². The van der Waals surface area contributed by atoms with Gasteiger partial charge in [0.05, 0.1) is 6.04 Å². The van der Waals surface area contributed by atoms with Gasteiger partial charge in [0.15, 0.2) is 5.78 Å². The van der Waals surface area contributed by atoms with E-state index in [9.17, 15) is 19.5 Å². The number of carbonyl (C=O) groups is 3. The molecular weight excluding hydrogens is 410 g/mol. The number of carboxylic acid groups (broad SMARTS) is 1. The minimum atomic E-state index is -1.24.